The molecule has 2 fully saturated rings. The summed E-state index contributed by atoms with van der Waals surface area (Å²) >= 11 is 6.41. The summed E-state index contributed by atoms with van der Waals surface area (Å²) in [5.41, 5.74) is -0.437. The van der Waals surface area contributed by atoms with Crippen LogP contribution >= 0.6 is 11.6 Å². The van der Waals surface area contributed by atoms with Gasteiger partial charge in [-0.15, -0.1) is 0 Å². The molecule has 2 aliphatic rings. The van der Waals surface area contributed by atoms with Gasteiger partial charge in [-0.3, -0.25) is 9.59 Å². The van der Waals surface area contributed by atoms with Gasteiger partial charge in [-0.2, -0.15) is 0 Å². The number of rotatable bonds is 8. The van der Waals surface area contributed by atoms with Crippen LogP contribution in [0.15, 0.2) is 18.2 Å². The Morgan fingerprint density at radius 2 is 1.86 bits per heavy atom. The maximum Gasteiger partial charge on any atom is 0.409 e. The SMILES string of the molecule is CCOC(=O)N1CCC(NC(=O)C2(NC(=O)C=Cc3ccc(OC)c(OC)c3Cl)CCNCC2)CC1. The second kappa shape index (κ2) is 12.8. The number of amides is 3. The van der Waals surface area contributed by atoms with Gasteiger partial charge in [0.05, 0.1) is 25.8 Å². The third kappa shape index (κ3) is 6.61. The largest absolute Gasteiger partial charge is 0.493 e. The zero-order chi connectivity index (χ0) is 26.1. The summed E-state index contributed by atoms with van der Waals surface area (Å²) < 4.78 is 15.6. The van der Waals surface area contributed by atoms with Crippen LogP contribution in [-0.4, -0.2) is 81.4 Å². The van der Waals surface area contributed by atoms with E-state index in [-0.39, 0.29) is 18.0 Å². The molecule has 3 N–H and O–H groups in total. The maximum absolute atomic E-state index is 13.4. The Morgan fingerprint density at radius 1 is 1.17 bits per heavy atom. The minimum Gasteiger partial charge on any atom is -0.493 e. The number of benzene rings is 1. The third-order valence-corrected chi connectivity index (χ3v) is 6.93. The van der Waals surface area contributed by atoms with Crippen LogP contribution in [0, 0.1) is 0 Å². The molecule has 0 atom stereocenters. The first kappa shape index (κ1) is 27.6. The number of methoxy groups -OCH3 is 2. The van der Waals surface area contributed by atoms with Crippen molar-refractivity contribution in [2.45, 2.75) is 44.2 Å². The highest BCUT2D eigenvalue weighted by molar-refractivity contribution is 6.33. The first-order valence-electron chi connectivity index (χ1n) is 12.2. The first-order chi connectivity index (χ1) is 17.3. The Balaban J connectivity index is 1.65. The predicted octanol–water partition coefficient (Wildman–Crippen LogP) is 2.35. The molecule has 2 heterocycles. The molecule has 0 spiro atoms. The monoisotopic (exact) mass is 522 g/mol. The number of piperidine rings is 2. The van der Waals surface area contributed by atoms with E-state index in [2.05, 4.69) is 16.0 Å². The van der Waals surface area contributed by atoms with Crippen molar-refractivity contribution in [3.05, 3.63) is 28.8 Å². The van der Waals surface area contributed by atoms with E-state index in [9.17, 15) is 14.4 Å². The van der Waals surface area contributed by atoms with E-state index in [0.717, 1.165) is 0 Å². The average molecular weight is 523 g/mol. The molecule has 10 nitrogen and oxygen atoms in total. The van der Waals surface area contributed by atoms with Crippen molar-refractivity contribution in [1.29, 1.82) is 0 Å². The van der Waals surface area contributed by atoms with Crippen LogP contribution in [0.3, 0.4) is 0 Å². The Morgan fingerprint density at radius 3 is 2.47 bits per heavy atom. The van der Waals surface area contributed by atoms with E-state index >= 15 is 0 Å². The summed E-state index contributed by atoms with van der Waals surface area (Å²) in [4.78, 5) is 39.9. The van der Waals surface area contributed by atoms with Gasteiger partial charge in [0.25, 0.3) is 0 Å². The molecule has 2 saturated heterocycles. The molecule has 0 unspecified atom stereocenters. The summed E-state index contributed by atoms with van der Waals surface area (Å²) in [5.74, 6) is 0.270. The zero-order valence-electron chi connectivity index (χ0n) is 21.0. The van der Waals surface area contributed by atoms with Crippen LogP contribution in [0.2, 0.25) is 5.02 Å². The summed E-state index contributed by atoms with van der Waals surface area (Å²) in [6, 6.07) is 3.35. The molecule has 2 aliphatic heterocycles. The van der Waals surface area contributed by atoms with Crippen LogP contribution in [0.5, 0.6) is 11.5 Å². The zero-order valence-corrected chi connectivity index (χ0v) is 21.8. The van der Waals surface area contributed by atoms with Crippen LogP contribution in [0.1, 0.15) is 38.2 Å². The lowest BCUT2D eigenvalue weighted by Crippen LogP contribution is -2.64. The number of nitrogens with one attached hydrogen (secondary N) is 3. The lowest BCUT2D eigenvalue weighted by atomic mass is 9.86. The predicted molar refractivity (Wildman–Crippen MR) is 136 cm³/mol. The number of nitrogens with zero attached hydrogens (tertiary/aromatic N) is 1. The molecular formula is C25H35ClN4O6. The van der Waals surface area contributed by atoms with Crippen molar-refractivity contribution in [3.8, 4) is 11.5 Å². The summed E-state index contributed by atoms with van der Waals surface area (Å²) in [7, 11) is 3.01. The molecule has 198 valence electrons. The Hall–Kier alpha value is -2.98. The Labute approximate surface area is 216 Å². The summed E-state index contributed by atoms with van der Waals surface area (Å²) in [6.45, 7) is 4.35. The fourth-order valence-corrected chi connectivity index (χ4v) is 4.78. The highest BCUT2D eigenvalue weighted by atomic mass is 35.5. The number of carbonyl (C=O) groups excluding carboxylic acids is 3. The van der Waals surface area contributed by atoms with Crippen molar-refractivity contribution >= 4 is 35.6 Å². The first-order valence-corrected chi connectivity index (χ1v) is 12.6. The Bertz CT molecular complexity index is 972. The minimum atomic E-state index is -1.02. The van der Waals surface area contributed by atoms with Gasteiger partial charge < -0.3 is 35.1 Å². The molecule has 0 saturated carbocycles. The van der Waals surface area contributed by atoms with Gasteiger partial charge in [-0.05, 0) is 69.5 Å². The lowest BCUT2D eigenvalue weighted by Gasteiger charge is -2.39. The van der Waals surface area contributed by atoms with Gasteiger partial charge in [0.15, 0.2) is 11.5 Å². The molecule has 0 radical (unpaired) electrons. The molecule has 0 aliphatic carbocycles. The second-order valence-electron chi connectivity index (χ2n) is 8.79. The van der Waals surface area contributed by atoms with Gasteiger partial charge in [0.1, 0.15) is 5.54 Å². The van der Waals surface area contributed by atoms with Gasteiger partial charge in [-0.1, -0.05) is 11.6 Å². The van der Waals surface area contributed by atoms with Gasteiger partial charge in [0.2, 0.25) is 11.8 Å². The minimum absolute atomic E-state index is 0.0760. The molecule has 0 aromatic heterocycles. The number of carbonyl (C=O) groups is 3. The van der Waals surface area contributed by atoms with Crippen LogP contribution in [0.4, 0.5) is 4.79 Å². The van der Waals surface area contributed by atoms with Crippen LogP contribution < -0.4 is 25.4 Å². The Kier molecular flexibility index (Phi) is 9.83. The van der Waals surface area contributed by atoms with Crippen molar-refractivity contribution in [2.24, 2.45) is 0 Å². The van der Waals surface area contributed by atoms with E-state index < -0.39 is 11.4 Å². The van der Waals surface area contributed by atoms with Crippen molar-refractivity contribution in [3.63, 3.8) is 0 Å². The summed E-state index contributed by atoms with van der Waals surface area (Å²) in [6.07, 6.45) is 4.81. The average Bonchev–Trinajstić information content (AvgIpc) is 2.88. The lowest BCUT2D eigenvalue weighted by molar-refractivity contribution is -0.134. The normalized spacial score (nSPS) is 17.9. The smallest absolute Gasteiger partial charge is 0.409 e. The second-order valence-corrected chi connectivity index (χ2v) is 9.17. The summed E-state index contributed by atoms with van der Waals surface area (Å²) in [5, 5.41) is 9.61. The van der Waals surface area contributed by atoms with Gasteiger partial charge in [-0.25, -0.2) is 4.79 Å². The number of likely N-dealkylation sites (tertiary alicyclic amines) is 1. The van der Waals surface area contributed by atoms with E-state index in [1.54, 1.807) is 30.0 Å². The quantitative estimate of drug-likeness (QED) is 0.448. The fraction of sp³-hybridized carbons (Fsp3) is 0.560. The molecule has 36 heavy (non-hydrogen) atoms. The number of hydrogen-bond donors (Lipinski definition) is 3. The van der Waals surface area contributed by atoms with Gasteiger partial charge >= 0.3 is 6.09 Å². The van der Waals surface area contributed by atoms with Gasteiger partial charge in [0, 0.05) is 25.2 Å². The van der Waals surface area contributed by atoms with Crippen molar-refractivity contribution < 1.29 is 28.6 Å². The highest BCUT2D eigenvalue weighted by Crippen LogP contribution is 2.37. The van der Waals surface area contributed by atoms with Crippen molar-refractivity contribution in [1.82, 2.24) is 20.9 Å². The number of hydrogen-bond acceptors (Lipinski definition) is 7. The molecular weight excluding hydrogens is 488 g/mol. The fourth-order valence-electron chi connectivity index (χ4n) is 4.48. The van der Waals surface area contributed by atoms with Crippen LogP contribution in [0.25, 0.3) is 6.08 Å². The molecule has 1 aromatic rings. The van der Waals surface area contributed by atoms with E-state index in [1.807, 2.05) is 0 Å². The molecule has 0 bridgehead atoms. The molecule has 11 heteroatoms. The van der Waals surface area contributed by atoms with E-state index in [0.29, 0.717) is 80.6 Å². The van der Waals surface area contributed by atoms with Crippen molar-refractivity contribution in [2.75, 3.05) is 47.0 Å². The van der Waals surface area contributed by atoms with Crippen LogP contribution in [-0.2, 0) is 14.3 Å². The maximum atomic E-state index is 13.4. The molecule has 3 amide bonds. The third-order valence-electron chi connectivity index (χ3n) is 6.54. The number of halogens is 1. The molecule has 3 rings (SSSR count). The highest BCUT2D eigenvalue weighted by Gasteiger charge is 2.41. The van der Waals surface area contributed by atoms with E-state index in [1.165, 1.54) is 20.3 Å². The standard InChI is InChI=1S/C25H35ClN4O6/c1-4-36-24(33)30-15-9-18(10-16-30)28-23(32)25(11-13-27-14-12-25)29-20(31)8-6-17-5-7-19(34-2)22(35-3)21(17)26/h5-8,18,27H,4,9-16H2,1-3H3,(H,28,32)(H,29,31). The molecule has 1 aromatic carbocycles. The topological polar surface area (TPSA) is 118 Å². The van der Waals surface area contributed by atoms with E-state index in [4.69, 9.17) is 25.8 Å². The number of ether oxygens (including phenoxy) is 3.